The molecule has 0 radical (unpaired) electrons. The lowest BCUT2D eigenvalue weighted by molar-refractivity contribution is 0.102. The number of nitrogens with one attached hydrogen (secondary N) is 3. The van der Waals surface area contributed by atoms with Gasteiger partial charge in [0.05, 0.1) is 16.8 Å². The van der Waals surface area contributed by atoms with Gasteiger partial charge in [-0.2, -0.15) is 0 Å². The first-order valence-corrected chi connectivity index (χ1v) is 15.1. The zero-order chi connectivity index (χ0) is 30.5. The van der Waals surface area contributed by atoms with E-state index < -0.39 is 0 Å². The Morgan fingerprint density at radius 3 is 2.07 bits per heavy atom. The van der Waals surface area contributed by atoms with Crippen LogP contribution in [0.2, 0.25) is 0 Å². The summed E-state index contributed by atoms with van der Waals surface area (Å²) in [5.41, 5.74) is 5.14. The van der Waals surface area contributed by atoms with Gasteiger partial charge in [0, 0.05) is 35.5 Å². The normalized spacial score (nSPS) is 13.2. The number of hydrogen-bond acceptors (Lipinski definition) is 4. The number of benzene rings is 4. The van der Waals surface area contributed by atoms with Crippen LogP contribution in [0.4, 0.5) is 16.2 Å². The number of anilines is 2. The SMILES string of the molecule is CC(C)NC(=O)Nc1ccc(Oc2ccc(NC(=O)c3ccccc3-n3cc(CN4CCCC4)c4ccccc43)cc2)cc1. The van der Waals surface area contributed by atoms with Crippen molar-refractivity contribution in [3.05, 3.63) is 114 Å². The number of amides is 3. The van der Waals surface area contributed by atoms with E-state index in [1.807, 2.05) is 68.4 Å². The largest absolute Gasteiger partial charge is 0.457 e. The Bertz CT molecular complexity index is 1750. The number of ether oxygens (including phenoxy) is 1. The predicted molar refractivity (Wildman–Crippen MR) is 176 cm³/mol. The van der Waals surface area contributed by atoms with Gasteiger partial charge in [0.2, 0.25) is 0 Å². The molecule has 6 rings (SSSR count). The van der Waals surface area contributed by atoms with Crippen LogP contribution in [0.3, 0.4) is 0 Å². The van der Waals surface area contributed by atoms with Gasteiger partial charge in [0.25, 0.3) is 5.91 Å². The molecule has 0 bridgehead atoms. The zero-order valence-corrected chi connectivity index (χ0v) is 25.0. The minimum absolute atomic E-state index is 0.0533. The van der Waals surface area contributed by atoms with Crippen molar-refractivity contribution in [2.45, 2.75) is 39.3 Å². The molecule has 3 amide bonds. The first-order valence-electron chi connectivity index (χ1n) is 15.1. The van der Waals surface area contributed by atoms with Crippen LogP contribution in [0.5, 0.6) is 11.5 Å². The highest BCUT2D eigenvalue weighted by atomic mass is 16.5. The third kappa shape index (κ3) is 6.76. The highest BCUT2D eigenvalue weighted by Crippen LogP contribution is 2.29. The zero-order valence-electron chi connectivity index (χ0n) is 25.0. The minimum Gasteiger partial charge on any atom is -0.457 e. The second kappa shape index (κ2) is 13.1. The van der Waals surface area contributed by atoms with Gasteiger partial charge in [0.1, 0.15) is 11.5 Å². The van der Waals surface area contributed by atoms with E-state index in [0.717, 1.165) is 30.8 Å². The molecule has 1 fully saturated rings. The average molecular weight is 588 g/mol. The van der Waals surface area contributed by atoms with Gasteiger partial charge in [-0.1, -0.05) is 30.3 Å². The Hall–Kier alpha value is -5.08. The van der Waals surface area contributed by atoms with Crippen molar-refractivity contribution in [1.82, 2.24) is 14.8 Å². The maximum Gasteiger partial charge on any atom is 0.319 e. The van der Waals surface area contributed by atoms with Crippen molar-refractivity contribution >= 4 is 34.2 Å². The highest BCUT2D eigenvalue weighted by Gasteiger charge is 2.19. The van der Waals surface area contributed by atoms with Gasteiger partial charge in [0.15, 0.2) is 0 Å². The van der Waals surface area contributed by atoms with Crippen molar-refractivity contribution in [1.29, 1.82) is 0 Å². The molecule has 8 heteroatoms. The lowest BCUT2D eigenvalue weighted by Gasteiger charge is -2.14. The van der Waals surface area contributed by atoms with Gasteiger partial charge < -0.3 is 25.3 Å². The van der Waals surface area contributed by atoms with Gasteiger partial charge in [-0.25, -0.2) is 4.79 Å². The molecule has 1 saturated heterocycles. The summed E-state index contributed by atoms with van der Waals surface area (Å²) in [5, 5.41) is 9.85. The van der Waals surface area contributed by atoms with Gasteiger partial charge in [-0.15, -0.1) is 0 Å². The van der Waals surface area contributed by atoms with E-state index in [9.17, 15) is 9.59 Å². The first-order chi connectivity index (χ1) is 21.4. The average Bonchev–Trinajstić information content (AvgIpc) is 3.67. The molecule has 2 heterocycles. The lowest BCUT2D eigenvalue weighted by atomic mass is 10.1. The van der Waals surface area contributed by atoms with E-state index in [-0.39, 0.29) is 18.0 Å². The molecule has 1 aliphatic rings. The van der Waals surface area contributed by atoms with Gasteiger partial charge in [-0.3, -0.25) is 9.69 Å². The molecule has 224 valence electrons. The van der Waals surface area contributed by atoms with Crippen LogP contribution >= 0.6 is 0 Å². The summed E-state index contributed by atoms with van der Waals surface area (Å²) in [6, 6.07) is 30.3. The van der Waals surface area contributed by atoms with E-state index in [2.05, 4.69) is 49.8 Å². The fraction of sp³-hybridized carbons (Fsp3) is 0.222. The minimum atomic E-state index is -0.252. The summed E-state index contributed by atoms with van der Waals surface area (Å²) in [6.07, 6.45) is 4.68. The quantitative estimate of drug-likeness (QED) is 0.164. The van der Waals surface area contributed by atoms with Crippen LogP contribution in [0.25, 0.3) is 16.6 Å². The number of aromatic nitrogens is 1. The van der Waals surface area contributed by atoms with E-state index in [0.29, 0.717) is 28.4 Å². The van der Waals surface area contributed by atoms with E-state index in [1.54, 1.807) is 24.3 Å². The van der Waals surface area contributed by atoms with Crippen LogP contribution in [0, 0.1) is 0 Å². The fourth-order valence-electron chi connectivity index (χ4n) is 5.61. The number of rotatable bonds is 9. The van der Waals surface area contributed by atoms with Crippen LogP contribution in [-0.4, -0.2) is 40.5 Å². The number of carbonyl (C=O) groups excluding carboxylic acids is 2. The van der Waals surface area contributed by atoms with Crippen molar-refractivity contribution in [3.8, 4) is 17.2 Å². The number of hydrogen-bond donors (Lipinski definition) is 3. The number of nitrogens with zero attached hydrogens (tertiary/aromatic N) is 2. The molecule has 0 atom stereocenters. The van der Waals surface area contributed by atoms with Crippen LogP contribution in [0.1, 0.15) is 42.6 Å². The summed E-state index contributed by atoms with van der Waals surface area (Å²) in [4.78, 5) is 28.0. The molecule has 0 saturated carbocycles. The second-order valence-corrected chi connectivity index (χ2v) is 11.4. The smallest absolute Gasteiger partial charge is 0.319 e. The Labute approximate surface area is 257 Å². The molecule has 44 heavy (non-hydrogen) atoms. The number of urea groups is 1. The number of likely N-dealkylation sites (tertiary alicyclic amines) is 1. The maximum absolute atomic E-state index is 13.6. The Balaban J connectivity index is 1.14. The number of carbonyl (C=O) groups is 2. The fourth-order valence-corrected chi connectivity index (χ4v) is 5.61. The van der Waals surface area contributed by atoms with Crippen LogP contribution in [-0.2, 0) is 6.54 Å². The second-order valence-electron chi connectivity index (χ2n) is 11.4. The molecule has 0 unspecified atom stereocenters. The number of para-hydroxylation sites is 2. The molecule has 5 aromatic rings. The lowest BCUT2D eigenvalue weighted by Crippen LogP contribution is -2.34. The first kappa shape index (κ1) is 29.0. The monoisotopic (exact) mass is 587 g/mol. The number of fused-ring (bicyclic) bond motifs is 1. The molecule has 4 aromatic carbocycles. The van der Waals surface area contributed by atoms with Crippen LogP contribution < -0.4 is 20.7 Å². The predicted octanol–water partition coefficient (Wildman–Crippen LogP) is 7.80. The van der Waals surface area contributed by atoms with Gasteiger partial charge >= 0.3 is 6.03 Å². The third-order valence-electron chi connectivity index (χ3n) is 7.68. The molecular formula is C36H37N5O3. The molecule has 3 N–H and O–H groups in total. The topological polar surface area (TPSA) is 87.6 Å². The third-order valence-corrected chi connectivity index (χ3v) is 7.68. The highest BCUT2D eigenvalue weighted by molar-refractivity contribution is 6.07. The standard InChI is InChI=1S/C36H37N5O3/c1-25(2)37-36(43)39-28-15-19-30(20-16-28)44-29-17-13-27(14-18-29)38-35(42)32-10-4-6-12-34(32)41-24-26(23-40-21-7-8-22-40)31-9-3-5-11-33(31)41/h3-6,9-20,24-25H,7-8,21-23H2,1-2H3,(H,38,42)(H2,37,39,43). The van der Waals surface area contributed by atoms with Crippen LogP contribution in [0.15, 0.2) is 103 Å². The maximum atomic E-state index is 13.6. The van der Waals surface area contributed by atoms with Gasteiger partial charge in [-0.05, 0) is 112 Å². The van der Waals surface area contributed by atoms with Crippen molar-refractivity contribution < 1.29 is 14.3 Å². The van der Waals surface area contributed by atoms with E-state index in [4.69, 9.17) is 4.74 Å². The molecule has 0 aliphatic carbocycles. The van der Waals surface area contributed by atoms with Crippen molar-refractivity contribution in [2.24, 2.45) is 0 Å². The Morgan fingerprint density at radius 1 is 0.773 bits per heavy atom. The Kier molecular flexibility index (Phi) is 8.61. The molecular weight excluding hydrogens is 550 g/mol. The molecule has 1 aliphatic heterocycles. The van der Waals surface area contributed by atoms with E-state index >= 15 is 0 Å². The molecule has 8 nitrogen and oxygen atoms in total. The molecule has 0 spiro atoms. The van der Waals surface area contributed by atoms with Crippen molar-refractivity contribution in [3.63, 3.8) is 0 Å². The summed E-state index contributed by atoms with van der Waals surface area (Å²) in [6.45, 7) is 6.98. The summed E-state index contributed by atoms with van der Waals surface area (Å²) >= 11 is 0. The van der Waals surface area contributed by atoms with Crippen molar-refractivity contribution in [2.75, 3.05) is 23.7 Å². The summed E-state index contributed by atoms with van der Waals surface area (Å²) in [5.74, 6) is 1.08. The molecule has 1 aromatic heterocycles. The van der Waals surface area contributed by atoms with E-state index in [1.165, 1.54) is 23.8 Å². The Morgan fingerprint density at radius 2 is 1.39 bits per heavy atom. The summed E-state index contributed by atoms with van der Waals surface area (Å²) in [7, 11) is 0. The summed E-state index contributed by atoms with van der Waals surface area (Å²) < 4.78 is 8.11.